The van der Waals surface area contributed by atoms with Crippen molar-refractivity contribution < 1.29 is 17.6 Å². The number of rotatable bonds is 7. The Morgan fingerprint density at radius 1 is 1.12 bits per heavy atom. The molecule has 11 heteroatoms. The second-order valence-electron chi connectivity index (χ2n) is 8.46. The van der Waals surface area contributed by atoms with Crippen LogP contribution in [0.4, 0.5) is 6.01 Å². The van der Waals surface area contributed by atoms with Gasteiger partial charge in [-0.1, -0.05) is 24.4 Å². The number of hydrogen-bond acceptors (Lipinski definition) is 7. The fourth-order valence-electron chi connectivity index (χ4n) is 4.03. The first kappa shape index (κ1) is 23.1. The number of carbonyl (C=O) groups excluding carboxylic acids is 1. The van der Waals surface area contributed by atoms with Gasteiger partial charge in [-0.05, 0) is 57.0 Å². The van der Waals surface area contributed by atoms with Gasteiger partial charge in [-0.3, -0.25) is 14.8 Å². The largest absolute Gasteiger partial charge is 0.401 e. The van der Waals surface area contributed by atoms with E-state index in [2.05, 4.69) is 20.6 Å². The molecular weight excluding hydrogens is 444 g/mol. The molecule has 0 bridgehead atoms. The first-order valence-electron chi connectivity index (χ1n) is 11.0. The van der Waals surface area contributed by atoms with E-state index in [1.807, 2.05) is 13.8 Å². The number of anilines is 1. The fourth-order valence-corrected chi connectivity index (χ4v) is 5.44. The van der Waals surface area contributed by atoms with Crippen molar-refractivity contribution in [1.82, 2.24) is 24.3 Å². The highest BCUT2D eigenvalue weighted by atomic mass is 32.2. The van der Waals surface area contributed by atoms with E-state index in [4.69, 9.17) is 4.42 Å². The molecule has 0 spiro atoms. The van der Waals surface area contributed by atoms with Gasteiger partial charge in [-0.2, -0.15) is 9.40 Å². The van der Waals surface area contributed by atoms with Crippen molar-refractivity contribution in [1.29, 1.82) is 0 Å². The third kappa shape index (κ3) is 4.83. The van der Waals surface area contributed by atoms with E-state index in [-0.39, 0.29) is 34.4 Å². The standard InChI is InChI=1S/C22H28N6O4S/c1-15(2)28-19(13-14-23-28)21-25-26-22(32-21)24-20(29)16-9-11-18(12-10-16)33(30,31)27(3)17-7-5-4-6-8-17/h9-15,17H,4-8H2,1-3H3,(H,24,26,29). The molecule has 33 heavy (non-hydrogen) atoms. The SMILES string of the molecule is CC(C)n1nccc1-c1nnc(NC(=O)c2ccc(S(=O)(=O)N(C)C3CCCCC3)cc2)o1. The van der Waals surface area contributed by atoms with Crippen LogP contribution in [0.25, 0.3) is 11.6 Å². The maximum absolute atomic E-state index is 13.0. The van der Waals surface area contributed by atoms with Crippen LogP contribution in [0.3, 0.4) is 0 Å². The van der Waals surface area contributed by atoms with E-state index >= 15 is 0 Å². The minimum Gasteiger partial charge on any atom is -0.401 e. The molecule has 0 atom stereocenters. The van der Waals surface area contributed by atoms with Crippen molar-refractivity contribution in [2.75, 3.05) is 12.4 Å². The number of hydrogen-bond donors (Lipinski definition) is 1. The summed E-state index contributed by atoms with van der Waals surface area (Å²) in [6.45, 7) is 3.96. The van der Waals surface area contributed by atoms with Crippen molar-refractivity contribution >= 4 is 21.9 Å². The van der Waals surface area contributed by atoms with Crippen molar-refractivity contribution in [3.05, 3.63) is 42.1 Å². The van der Waals surface area contributed by atoms with Gasteiger partial charge in [0.15, 0.2) is 0 Å². The topological polar surface area (TPSA) is 123 Å². The van der Waals surface area contributed by atoms with Crippen molar-refractivity contribution in [2.45, 2.75) is 62.9 Å². The minimum absolute atomic E-state index is 0.0189. The number of sulfonamides is 1. The average Bonchev–Trinajstić information content (AvgIpc) is 3.49. The highest BCUT2D eigenvalue weighted by molar-refractivity contribution is 7.89. The van der Waals surface area contributed by atoms with Gasteiger partial charge in [0.25, 0.3) is 11.8 Å². The molecule has 176 valence electrons. The van der Waals surface area contributed by atoms with Crippen LogP contribution in [0.15, 0.2) is 45.8 Å². The summed E-state index contributed by atoms with van der Waals surface area (Å²) in [7, 11) is -1.99. The van der Waals surface area contributed by atoms with E-state index in [1.54, 1.807) is 24.0 Å². The summed E-state index contributed by atoms with van der Waals surface area (Å²) in [6.07, 6.45) is 6.62. The Labute approximate surface area is 193 Å². The molecule has 0 radical (unpaired) electrons. The Kier molecular flexibility index (Phi) is 6.61. The average molecular weight is 473 g/mol. The van der Waals surface area contributed by atoms with Gasteiger partial charge >= 0.3 is 6.01 Å². The molecular formula is C22H28N6O4S. The van der Waals surface area contributed by atoms with Gasteiger partial charge in [0, 0.05) is 30.9 Å². The third-order valence-corrected chi connectivity index (χ3v) is 7.83. The fraction of sp³-hybridized carbons (Fsp3) is 0.455. The van der Waals surface area contributed by atoms with Crippen LogP contribution in [0, 0.1) is 0 Å². The monoisotopic (exact) mass is 472 g/mol. The van der Waals surface area contributed by atoms with E-state index < -0.39 is 15.9 Å². The van der Waals surface area contributed by atoms with Gasteiger partial charge in [0.2, 0.25) is 10.0 Å². The lowest BCUT2D eigenvalue weighted by Crippen LogP contribution is -2.38. The van der Waals surface area contributed by atoms with Gasteiger partial charge in [-0.15, -0.1) is 5.10 Å². The zero-order valence-corrected chi connectivity index (χ0v) is 19.7. The first-order valence-corrected chi connectivity index (χ1v) is 12.5. The molecule has 1 fully saturated rings. The molecule has 1 N–H and O–H groups in total. The molecule has 0 unspecified atom stereocenters. The highest BCUT2D eigenvalue weighted by Crippen LogP contribution is 2.27. The van der Waals surface area contributed by atoms with Crippen LogP contribution >= 0.6 is 0 Å². The Balaban J connectivity index is 1.45. The van der Waals surface area contributed by atoms with Gasteiger partial charge in [0.1, 0.15) is 5.69 Å². The summed E-state index contributed by atoms with van der Waals surface area (Å²) in [5.41, 5.74) is 0.927. The normalized spacial score (nSPS) is 15.3. The molecule has 0 saturated heterocycles. The lowest BCUT2D eigenvalue weighted by molar-refractivity contribution is 0.102. The number of aromatic nitrogens is 4. The van der Waals surface area contributed by atoms with Crippen LogP contribution < -0.4 is 5.32 Å². The number of amides is 1. The van der Waals surface area contributed by atoms with Crippen molar-refractivity contribution in [2.24, 2.45) is 0 Å². The van der Waals surface area contributed by atoms with Crippen LogP contribution in [-0.2, 0) is 10.0 Å². The maximum atomic E-state index is 13.0. The lowest BCUT2D eigenvalue weighted by atomic mass is 9.96. The number of carbonyl (C=O) groups is 1. The zero-order chi connectivity index (χ0) is 23.6. The van der Waals surface area contributed by atoms with Crippen molar-refractivity contribution in [3.63, 3.8) is 0 Å². The van der Waals surface area contributed by atoms with E-state index in [9.17, 15) is 13.2 Å². The summed E-state index contributed by atoms with van der Waals surface area (Å²) >= 11 is 0. The van der Waals surface area contributed by atoms with Crippen LogP contribution in [-0.4, -0.2) is 51.7 Å². The Bertz CT molecular complexity index is 1210. The molecule has 3 aromatic rings. The predicted octanol–water partition coefficient (Wildman–Crippen LogP) is 3.72. The summed E-state index contributed by atoms with van der Waals surface area (Å²) in [5.74, 6) is -0.240. The van der Waals surface area contributed by atoms with E-state index in [1.165, 1.54) is 28.6 Å². The van der Waals surface area contributed by atoms with Gasteiger partial charge in [-0.25, -0.2) is 8.42 Å². The molecule has 1 saturated carbocycles. The zero-order valence-electron chi connectivity index (χ0n) is 18.9. The summed E-state index contributed by atoms with van der Waals surface area (Å²) < 4.78 is 34.7. The Hall–Kier alpha value is -3.05. The molecule has 2 aromatic heterocycles. The molecule has 10 nitrogen and oxygen atoms in total. The number of nitrogens with one attached hydrogen (secondary N) is 1. The maximum Gasteiger partial charge on any atom is 0.322 e. The third-order valence-electron chi connectivity index (χ3n) is 5.91. The van der Waals surface area contributed by atoms with Gasteiger partial charge < -0.3 is 4.42 Å². The summed E-state index contributed by atoms with van der Waals surface area (Å²) in [6, 6.07) is 7.67. The predicted molar refractivity (Wildman–Crippen MR) is 122 cm³/mol. The Morgan fingerprint density at radius 2 is 1.82 bits per heavy atom. The molecule has 1 aromatic carbocycles. The summed E-state index contributed by atoms with van der Waals surface area (Å²) in [4.78, 5) is 12.8. The van der Waals surface area contributed by atoms with Crippen LogP contribution in [0.1, 0.15) is 62.4 Å². The quantitative estimate of drug-likeness (QED) is 0.556. The van der Waals surface area contributed by atoms with Crippen LogP contribution in [0.5, 0.6) is 0 Å². The van der Waals surface area contributed by atoms with Gasteiger partial charge in [0.05, 0.1) is 4.90 Å². The molecule has 4 rings (SSSR count). The first-order chi connectivity index (χ1) is 15.8. The summed E-state index contributed by atoms with van der Waals surface area (Å²) in [5, 5.41) is 14.6. The lowest BCUT2D eigenvalue weighted by Gasteiger charge is -2.30. The molecule has 0 aliphatic heterocycles. The minimum atomic E-state index is -3.62. The van der Waals surface area contributed by atoms with E-state index in [0.717, 1.165) is 32.1 Å². The highest BCUT2D eigenvalue weighted by Gasteiger charge is 2.29. The molecule has 1 amide bonds. The van der Waals surface area contributed by atoms with Crippen LogP contribution in [0.2, 0.25) is 0 Å². The molecule has 2 heterocycles. The second kappa shape index (κ2) is 9.44. The van der Waals surface area contributed by atoms with E-state index in [0.29, 0.717) is 5.69 Å². The molecule has 1 aliphatic carbocycles. The van der Waals surface area contributed by atoms with Crippen molar-refractivity contribution in [3.8, 4) is 11.6 Å². The molecule has 1 aliphatic rings. The second-order valence-corrected chi connectivity index (χ2v) is 10.5. The number of benzene rings is 1. The smallest absolute Gasteiger partial charge is 0.322 e. The Morgan fingerprint density at radius 3 is 2.48 bits per heavy atom. The number of nitrogens with zero attached hydrogens (tertiary/aromatic N) is 5.